The highest BCUT2D eigenvalue weighted by atomic mass is 35.5. The Hall–Kier alpha value is -3.44. The lowest BCUT2D eigenvalue weighted by Crippen LogP contribution is -2.21. The van der Waals surface area contributed by atoms with Crippen molar-refractivity contribution < 1.29 is 4.79 Å². The van der Waals surface area contributed by atoms with Crippen LogP contribution in [0.25, 0.3) is 22.8 Å². The van der Waals surface area contributed by atoms with Crippen LogP contribution < -0.4 is 5.32 Å². The number of benzene rings is 3. The Morgan fingerprint density at radius 1 is 0.931 bits per heavy atom. The third kappa shape index (κ3) is 4.05. The highest BCUT2D eigenvalue weighted by Gasteiger charge is 2.19. The number of carbonyl (C=O) groups excluding carboxylic acids is 1. The maximum absolute atomic E-state index is 13.0. The van der Waals surface area contributed by atoms with Gasteiger partial charge in [-0.1, -0.05) is 53.6 Å². The van der Waals surface area contributed by atoms with E-state index in [1.165, 1.54) is 4.68 Å². The lowest BCUT2D eigenvalue weighted by Gasteiger charge is -2.07. The van der Waals surface area contributed by atoms with Crippen molar-refractivity contribution >= 4 is 23.3 Å². The number of nitrogens with zero attached hydrogens (tertiary/aromatic N) is 3. The molecule has 3 aromatic carbocycles. The largest absolute Gasteiger partial charge is 0.348 e. The summed E-state index contributed by atoms with van der Waals surface area (Å²) >= 11 is 6.02. The van der Waals surface area contributed by atoms with Crippen LogP contribution in [0.2, 0.25) is 5.02 Å². The van der Waals surface area contributed by atoms with Crippen molar-refractivity contribution in [3.63, 3.8) is 0 Å². The highest BCUT2D eigenvalue weighted by Crippen LogP contribution is 2.26. The van der Waals surface area contributed by atoms with Crippen molar-refractivity contribution in [2.24, 2.45) is 0 Å². The molecule has 0 aliphatic carbocycles. The van der Waals surface area contributed by atoms with Crippen LogP contribution in [0, 0.1) is 13.8 Å². The number of amides is 1. The minimum absolute atomic E-state index is 0.383. The number of aryl methyl sites for hydroxylation is 2. The second-order valence-electron chi connectivity index (χ2n) is 6.79. The van der Waals surface area contributed by atoms with E-state index in [1.54, 1.807) is 12.1 Å². The first-order valence-corrected chi connectivity index (χ1v) is 9.56. The molecule has 4 rings (SSSR count). The summed E-state index contributed by atoms with van der Waals surface area (Å²) in [5, 5.41) is 8.01. The number of hydrogen-bond donors (Lipinski definition) is 1. The summed E-state index contributed by atoms with van der Waals surface area (Å²) in [6.45, 7) is 3.99. The minimum Gasteiger partial charge on any atom is -0.306 e. The Bertz CT molecular complexity index is 1160. The average Bonchev–Trinajstić information content (AvgIpc) is 3.16. The van der Waals surface area contributed by atoms with Crippen LogP contribution in [0.1, 0.15) is 11.1 Å². The summed E-state index contributed by atoms with van der Waals surface area (Å²) < 4.78 is 1.30. The lowest BCUT2D eigenvalue weighted by atomic mass is 10.1. The quantitative estimate of drug-likeness (QED) is 0.459. The van der Waals surface area contributed by atoms with Gasteiger partial charge >= 0.3 is 6.03 Å². The van der Waals surface area contributed by atoms with E-state index in [4.69, 9.17) is 11.6 Å². The monoisotopic (exact) mass is 402 g/mol. The average molecular weight is 403 g/mol. The lowest BCUT2D eigenvalue weighted by molar-refractivity contribution is 0.251. The van der Waals surface area contributed by atoms with Gasteiger partial charge in [-0.05, 0) is 55.8 Å². The molecule has 0 unspecified atom stereocenters. The SMILES string of the molecule is Cc1ccc(NC(=O)n2nc(-c3ccccc3C)nc2-c2ccc(Cl)cc2)cc1. The highest BCUT2D eigenvalue weighted by molar-refractivity contribution is 6.30. The van der Waals surface area contributed by atoms with E-state index in [1.807, 2.05) is 74.5 Å². The van der Waals surface area contributed by atoms with Crippen molar-refractivity contribution in [1.82, 2.24) is 14.8 Å². The third-order valence-electron chi connectivity index (χ3n) is 4.59. The van der Waals surface area contributed by atoms with Gasteiger partial charge in [0.2, 0.25) is 0 Å². The Balaban J connectivity index is 1.78. The van der Waals surface area contributed by atoms with Crippen molar-refractivity contribution in [3.05, 3.63) is 88.9 Å². The van der Waals surface area contributed by atoms with Gasteiger partial charge in [0, 0.05) is 21.8 Å². The smallest absolute Gasteiger partial charge is 0.306 e. The summed E-state index contributed by atoms with van der Waals surface area (Å²) in [5.41, 5.74) is 4.47. The van der Waals surface area contributed by atoms with Crippen LogP contribution in [-0.2, 0) is 0 Å². The van der Waals surface area contributed by atoms with E-state index in [2.05, 4.69) is 15.4 Å². The van der Waals surface area contributed by atoms with Gasteiger partial charge < -0.3 is 5.32 Å². The van der Waals surface area contributed by atoms with Crippen LogP contribution >= 0.6 is 11.6 Å². The molecule has 1 aromatic heterocycles. The zero-order chi connectivity index (χ0) is 20.4. The number of rotatable bonds is 3. The summed E-state index contributed by atoms with van der Waals surface area (Å²) in [6.07, 6.45) is 0. The minimum atomic E-state index is -0.383. The molecule has 0 atom stereocenters. The summed E-state index contributed by atoms with van der Waals surface area (Å²) in [4.78, 5) is 17.7. The van der Waals surface area contributed by atoms with Gasteiger partial charge in [0.1, 0.15) is 0 Å². The molecule has 1 heterocycles. The Morgan fingerprint density at radius 3 is 2.31 bits per heavy atom. The van der Waals surface area contributed by atoms with E-state index in [0.29, 0.717) is 22.4 Å². The van der Waals surface area contributed by atoms with Gasteiger partial charge in [0.05, 0.1) is 0 Å². The summed E-state index contributed by atoms with van der Waals surface area (Å²) in [5.74, 6) is 0.941. The van der Waals surface area contributed by atoms with Gasteiger partial charge in [0.15, 0.2) is 11.6 Å². The predicted octanol–water partition coefficient (Wildman–Crippen LogP) is 5.96. The molecule has 0 aliphatic heterocycles. The molecule has 29 heavy (non-hydrogen) atoms. The van der Waals surface area contributed by atoms with Gasteiger partial charge in [-0.3, -0.25) is 0 Å². The molecule has 144 valence electrons. The zero-order valence-electron chi connectivity index (χ0n) is 16.1. The standard InChI is InChI=1S/C23H19ClN4O/c1-15-7-13-19(14-8-15)25-23(29)28-22(17-9-11-18(24)12-10-17)26-21(27-28)20-6-4-3-5-16(20)2/h3-14H,1-2H3,(H,25,29). The van der Waals surface area contributed by atoms with Crippen molar-refractivity contribution in [2.75, 3.05) is 5.32 Å². The van der Waals surface area contributed by atoms with Crippen molar-refractivity contribution in [1.29, 1.82) is 0 Å². The van der Waals surface area contributed by atoms with Crippen LogP contribution in [0.15, 0.2) is 72.8 Å². The fraction of sp³-hybridized carbons (Fsp3) is 0.0870. The number of carbonyl (C=O) groups is 1. The predicted molar refractivity (Wildman–Crippen MR) is 116 cm³/mol. The maximum atomic E-state index is 13.0. The fourth-order valence-electron chi connectivity index (χ4n) is 2.99. The van der Waals surface area contributed by atoms with Gasteiger partial charge in [0.25, 0.3) is 0 Å². The molecule has 0 saturated carbocycles. The van der Waals surface area contributed by atoms with E-state index in [0.717, 1.165) is 22.3 Å². The summed E-state index contributed by atoms with van der Waals surface area (Å²) in [6, 6.07) is 22.2. The molecule has 6 heteroatoms. The molecule has 0 saturated heterocycles. The normalized spacial score (nSPS) is 10.7. The number of nitrogens with one attached hydrogen (secondary N) is 1. The molecule has 1 amide bonds. The molecule has 4 aromatic rings. The molecule has 0 aliphatic rings. The van der Waals surface area contributed by atoms with Crippen molar-refractivity contribution in [3.8, 4) is 22.8 Å². The van der Waals surface area contributed by atoms with E-state index in [9.17, 15) is 4.79 Å². The summed E-state index contributed by atoms with van der Waals surface area (Å²) in [7, 11) is 0. The number of hydrogen-bond acceptors (Lipinski definition) is 3. The van der Waals surface area contributed by atoms with Crippen molar-refractivity contribution in [2.45, 2.75) is 13.8 Å². The van der Waals surface area contributed by atoms with E-state index in [-0.39, 0.29) is 6.03 Å². The second-order valence-corrected chi connectivity index (χ2v) is 7.23. The molecule has 0 radical (unpaired) electrons. The first-order chi connectivity index (χ1) is 14.0. The first kappa shape index (κ1) is 18.9. The van der Waals surface area contributed by atoms with E-state index < -0.39 is 0 Å². The Labute approximate surface area is 174 Å². The first-order valence-electron chi connectivity index (χ1n) is 9.18. The number of aromatic nitrogens is 3. The van der Waals surface area contributed by atoms with Crippen LogP contribution in [-0.4, -0.2) is 20.8 Å². The van der Waals surface area contributed by atoms with Crippen LogP contribution in [0.5, 0.6) is 0 Å². The van der Waals surface area contributed by atoms with Gasteiger partial charge in [-0.2, -0.15) is 4.68 Å². The Kier molecular flexibility index (Phi) is 5.14. The molecule has 5 nitrogen and oxygen atoms in total. The Morgan fingerprint density at radius 2 is 1.62 bits per heavy atom. The fourth-order valence-corrected chi connectivity index (χ4v) is 3.12. The van der Waals surface area contributed by atoms with Crippen LogP contribution in [0.3, 0.4) is 0 Å². The topological polar surface area (TPSA) is 59.8 Å². The maximum Gasteiger partial charge on any atom is 0.348 e. The number of halogens is 1. The molecular formula is C23H19ClN4O. The third-order valence-corrected chi connectivity index (χ3v) is 4.84. The van der Waals surface area contributed by atoms with Gasteiger partial charge in [-0.25, -0.2) is 9.78 Å². The number of anilines is 1. The molecule has 1 N–H and O–H groups in total. The molecule has 0 fully saturated rings. The molecule has 0 spiro atoms. The molecular weight excluding hydrogens is 384 g/mol. The van der Waals surface area contributed by atoms with Crippen LogP contribution in [0.4, 0.5) is 10.5 Å². The molecule has 0 bridgehead atoms. The zero-order valence-corrected chi connectivity index (χ0v) is 16.8. The van der Waals surface area contributed by atoms with Gasteiger partial charge in [-0.15, -0.1) is 5.10 Å². The van der Waals surface area contributed by atoms with E-state index >= 15 is 0 Å². The second kappa shape index (κ2) is 7.89.